The number of ketones is 1. The molecule has 1 heterocycles. The minimum atomic E-state index is -0.120. The Kier molecular flexibility index (Phi) is 3.55. The molecule has 0 amide bonds. The van der Waals surface area contributed by atoms with E-state index in [1.807, 2.05) is 30.5 Å². The Hall–Kier alpha value is -1.71. The van der Waals surface area contributed by atoms with Crippen molar-refractivity contribution in [1.29, 1.82) is 0 Å². The predicted molar refractivity (Wildman–Crippen MR) is 82.9 cm³/mol. The van der Waals surface area contributed by atoms with Gasteiger partial charge >= 0.3 is 0 Å². The van der Waals surface area contributed by atoms with Gasteiger partial charge in [-0.15, -0.1) is 11.8 Å². The van der Waals surface area contributed by atoms with E-state index in [4.69, 9.17) is 16.0 Å². The van der Waals surface area contributed by atoms with Crippen molar-refractivity contribution < 1.29 is 9.21 Å². The number of benzene rings is 2. The van der Waals surface area contributed by atoms with Gasteiger partial charge in [0.1, 0.15) is 5.58 Å². The zero-order chi connectivity index (χ0) is 14.1. The standard InChI is InChI=1S/C16H11ClO2S/c1-20-13-5-2-10(3-6-13)16(18)15-9-11-8-12(17)4-7-14(11)19-15/h2-9H,1H3. The molecule has 0 aliphatic heterocycles. The van der Waals surface area contributed by atoms with Gasteiger partial charge in [0.15, 0.2) is 5.76 Å². The summed E-state index contributed by atoms with van der Waals surface area (Å²) in [6.45, 7) is 0. The fourth-order valence-electron chi connectivity index (χ4n) is 2.01. The number of rotatable bonds is 3. The van der Waals surface area contributed by atoms with Crippen molar-refractivity contribution in [2.45, 2.75) is 4.90 Å². The molecule has 3 aromatic rings. The summed E-state index contributed by atoms with van der Waals surface area (Å²) < 4.78 is 5.58. The molecular weight excluding hydrogens is 292 g/mol. The number of halogens is 1. The summed E-state index contributed by atoms with van der Waals surface area (Å²) >= 11 is 7.57. The Labute approximate surface area is 125 Å². The first-order valence-electron chi connectivity index (χ1n) is 6.05. The van der Waals surface area contributed by atoms with Gasteiger partial charge in [-0.1, -0.05) is 11.6 Å². The monoisotopic (exact) mass is 302 g/mol. The molecule has 0 atom stereocenters. The van der Waals surface area contributed by atoms with Crippen molar-refractivity contribution in [1.82, 2.24) is 0 Å². The topological polar surface area (TPSA) is 30.2 Å². The van der Waals surface area contributed by atoms with Crippen molar-refractivity contribution in [3.63, 3.8) is 0 Å². The molecule has 0 bridgehead atoms. The molecule has 1 aromatic heterocycles. The second kappa shape index (κ2) is 5.35. The molecule has 0 fully saturated rings. The zero-order valence-electron chi connectivity index (χ0n) is 10.7. The largest absolute Gasteiger partial charge is 0.453 e. The lowest BCUT2D eigenvalue weighted by molar-refractivity contribution is 0.101. The van der Waals surface area contributed by atoms with Crippen molar-refractivity contribution in [3.8, 4) is 0 Å². The highest BCUT2D eigenvalue weighted by Crippen LogP contribution is 2.25. The van der Waals surface area contributed by atoms with Crippen LogP contribution in [0, 0.1) is 0 Å². The van der Waals surface area contributed by atoms with Crippen LogP contribution in [0.5, 0.6) is 0 Å². The number of carbonyl (C=O) groups is 1. The number of thioether (sulfide) groups is 1. The molecule has 0 spiro atoms. The molecule has 0 aliphatic carbocycles. The minimum absolute atomic E-state index is 0.120. The summed E-state index contributed by atoms with van der Waals surface area (Å²) in [4.78, 5) is 13.5. The van der Waals surface area contributed by atoms with Gasteiger partial charge in [0.25, 0.3) is 0 Å². The summed E-state index contributed by atoms with van der Waals surface area (Å²) in [5.41, 5.74) is 1.28. The highest BCUT2D eigenvalue weighted by Gasteiger charge is 2.14. The van der Waals surface area contributed by atoms with Crippen LogP contribution in [0.2, 0.25) is 5.02 Å². The maximum Gasteiger partial charge on any atom is 0.228 e. The molecule has 100 valence electrons. The van der Waals surface area contributed by atoms with Crippen LogP contribution in [0.3, 0.4) is 0 Å². The van der Waals surface area contributed by atoms with E-state index in [1.165, 1.54) is 0 Å². The summed E-state index contributed by atoms with van der Waals surface area (Å²) in [6.07, 6.45) is 2.00. The third-order valence-corrected chi connectivity index (χ3v) is 4.03. The van der Waals surface area contributed by atoms with Crippen molar-refractivity contribution in [2.75, 3.05) is 6.26 Å². The molecule has 0 aliphatic rings. The first kappa shape index (κ1) is 13.3. The van der Waals surface area contributed by atoms with Crippen LogP contribution in [0.4, 0.5) is 0 Å². The Morgan fingerprint density at radius 3 is 2.55 bits per heavy atom. The molecule has 0 radical (unpaired) electrons. The van der Waals surface area contributed by atoms with E-state index >= 15 is 0 Å². The van der Waals surface area contributed by atoms with Crippen LogP contribution in [0.25, 0.3) is 11.0 Å². The van der Waals surface area contributed by atoms with Crippen molar-refractivity contribution >= 4 is 40.1 Å². The lowest BCUT2D eigenvalue weighted by Gasteiger charge is -1.99. The van der Waals surface area contributed by atoms with Gasteiger partial charge in [0.2, 0.25) is 5.78 Å². The lowest BCUT2D eigenvalue weighted by atomic mass is 10.1. The first-order chi connectivity index (χ1) is 9.67. The first-order valence-corrected chi connectivity index (χ1v) is 7.65. The Morgan fingerprint density at radius 2 is 1.85 bits per heavy atom. The second-order valence-corrected chi connectivity index (χ2v) is 5.67. The van der Waals surface area contributed by atoms with Crippen LogP contribution in [0.1, 0.15) is 16.1 Å². The van der Waals surface area contributed by atoms with Crippen LogP contribution >= 0.6 is 23.4 Å². The average molecular weight is 303 g/mol. The summed E-state index contributed by atoms with van der Waals surface area (Å²) in [7, 11) is 0. The van der Waals surface area contributed by atoms with Gasteiger partial charge in [-0.2, -0.15) is 0 Å². The molecule has 0 saturated heterocycles. The SMILES string of the molecule is CSc1ccc(C(=O)c2cc3cc(Cl)ccc3o2)cc1. The number of fused-ring (bicyclic) bond motifs is 1. The molecule has 4 heteroatoms. The number of furan rings is 1. The van der Waals surface area contributed by atoms with Gasteiger partial charge in [0, 0.05) is 20.9 Å². The van der Waals surface area contributed by atoms with E-state index in [0.29, 0.717) is 21.9 Å². The Morgan fingerprint density at radius 1 is 1.10 bits per heavy atom. The van der Waals surface area contributed by atoms with Crippen LogP contribution in [-0.2, 0) is 0 Å². The van der Waals surface area contributed by atoms with E-state index in [2.05, 4.69) is 0 Å². The highest BCUT2D eigenvalue weighted by molar-refractivity contribution is 7.98. The summed E-state index contributed by atoms with van der Waals surface area (Å²) in [6, 6.07) is 14.5. The number of hydrogen-bond acceptors (Lipinski definition) is 3. The number of carbonyl (C=O) groups excluding carboxylic acids is 1. The fraction of sp³-hybridized carbons (Fsp3) is 0.0625. The summed E-state index contributed by atoms with van der Waals surface area (Å²) in [5, 5.41) is 1.46. The normalized spacial score (nSPS) is 10.9. The smallest absolute Gasteiger partial charge is 0.228 e. The van der Waals surface area contributed by atoms with Crippen LogP contribution < -0.4 is 0 Å². The van der Waals surface area contributed by atoms with Gasteiger partial charge < -0.3 is 4.42 Å². The molecule has 20 heavy (non-hydrogen) atoms. The lowest BCUT2D eigenvalue weighted by Crippen LogP contribution is -1.98. The van der Waals surface area contributed by atoms with E-state index in [0.717, 1.165) is 10.3 Å². The maximum absolute atomic E-state index is 12.4. The maximum atomic E-state index is 12.4. The molecule has 0 unspecified atom stereocenters. The third kappa shape index (κ3) is 2.47. The average Bonchev–Trinajstić information content (AvgIpc) is 2.89. The Bertz CT molecular complexity index is 775. The van der Waals surface area contributed by atoms with E-state index < -0.39 is 0 Å². The zero-order valence-corrected chi connectivity index (χ0v) is 12.3. The quantitative estimate of drug-likeness (QED) is 0.501. The summed E-state index contributed by atoms with van der Waals surface area (Å²) in [5.74, 6) is 0.212. The van der Waals surface area contributed by atoms with E-state index in [1.54, 1.807) is 36.0 Å². The van der Waals surface area contributed by atoms with Crippen molar-refractivity contribution in [2.24, 2.45) is 0 Å². The van der Waals surface area contributed by atoms with Crippen LogP contribution in [0.15, 0.2) is 57.8 Å². The van der Waals surface area contributed by atoms with Gasteiger partial charge in [-0.05, 0) is 54.8 Å². The number of hydrogen-bond donors (Lipinski definition) is 0. The van der Waals surface area contributed by atoms with E-state index in [-0.39, 0.29) is 5.78 Å². The second-order valence-electron chi connectivity index (χ2n) is 4.35. The predicted octanol–water partition coefficient (Wildman–Crippen LogP) is 5.04. The third-order valence-electron chi connectivity index (χ3n) is 3.05. The molecule has 2 aromatic carbocycles. The molecule has 2 nitrogen and oxygen atoms in total. The van der Waals surface area contributed by atoms with Gasteiger partial charge in [-0.25, -0.2) is 0 Å². The van der Waals surface area contributed by atoms with E-state index in [9.17, 15) is 4.79 Å². The molecule has 0 saturated carbocycles. The molecule has 3 rings (SSSR count). The van der Waals surface area contributed by atoms with Gasteiger partial charge in [0.05, 0.1) is 0 Å². The minimum Gasteiger partial charge on any atom is -0.453 e. The molecule has 0 N–H and O–H groups in total. The Balaban J connectivity index is 1.98. The van der Waals surface area contributed by atoms with Crippen molar-refractivity contribution in [3.05, 3.63) is 64.9 Å². The van der Waals surface area contributed by atoms with Gasteiger partial charge in [-0.3, -0.25) is 4.79 Å². The molecular formula is C16H11ClO2S. The highest BCUT2D eigenvalue weighted by atomic mass is 35.5. The fourth-order valence-corrected chi connectivity index (χ4v) is 2.60. The van der Waals surface area contributed by atoms with Crippen LogP contribution in [-0.4, -0.2) is 12.0 Å².